The molecule has 0 bridgehead atoms. The standard InChI is InChI=1S/C14H20O3/c1-4-17-13(14(15)16)9-11-5-7-12(8-6-11)10(2)3/h5-8,10,13H,4,9H2,1-3H3,(H,15,16)/t13-/m0/s1. The molecular formula is C14H20O3. The minimum absolute atomic E-state index is 0.418. The third kappa shape index (κ3) is 4.19. The molecule has 0 saturated heterocycles. The summed E-state index contributed by atoms with van der Waals surface area (Å²) in [5, 5.41) is 8.98. The summed E-state index contributed by atoms with van der Waals surface area (Å²) >= 11 is 0. The van der Waals surface area contributed by atoms with E-state index in [0.717, 1.165) is 5.56 Å². The number of benzene rings is 1. The second kappa shape index (κ2) is 6.40. The Balaban J connectivity index is 2.70. The van der Waals surface area contributed by atoms with E-state index in [4.69, 9.17) is 9.84 Å². The van der Waals surface area contributed by atoms with Crippen LogP contribution in [-0.4, -0.2) is 23.8 Å². The molecule has 0 aliphatic carbocycles. The van der Waals surface area contributed by atoms with E-state index in [1.165, 1.54) is 5.56 Å². The van der Waals surface area contributed by atoms with E-state index < -0.39 is 12.1 Å². The van der Waals surface area contributed by atoms with Crippen LogP contribution in [0.15, 0.2) is 24.3 Å². The summed E-state index contributed by atoms with van der Waals surface area (Å²) in [4.78, 5) is 10.9. The van der Waals surface area contributed by atoms with Crippen molar-refractivity contribution in [1.29, 1.82) is 0 Å². The van der Waals surface area contributed by atoms with Gasteiger partial charge in [-0.1, -0.05) is 38.1 Å². The number of carbonyl (C=O) groups is 1. The van der Waals surface area contributed by atoms with Gasteiger partial charge in [0.2, 0.25) is 0 Å². The minimum atomic E-state index is -0.903. The molecule has 94 valence electrons. The summed E-state index contributed by atoms with van der Waals surface area (Å²) in [5.41, 5.74) is 2.26. The van der Waals surface area contributed by atoms with Crippen molar-refractivity contribution in [2.75, 3.05) is 6.61 Å². The van der Waals surface area contributed by atoms with Crippen LogP contribution in [0, 0.1) is 0 Å². The first-order chi connectivity index (χ1) is 8.04. The van der Waals surface area contributed by atoms with Crippen molar-refractivity contribution in [1.82, 2.24) is 0 Å². The van der Waals surface area contributed by atoms with E-state index in [-0.39, 0.29) is 0 Å². The number of carboxylic acid groups (broad SMARTS) is 1. The molecule has 0 heterocycles. The molecule has 0 aliphatic heterocycles. The van der Waals surface area contributed by atoms with Crippen molar-refractivity contribution in [3.05, 3.63) is 35.4 Å². The maximum Gasteiger partial charge on any atom is 0.333 e. The maximum absolute atomic E-state index is 10.9. The number of carboxylic acids is 1. The summed E-state index contributed by atoms with van der Waals surface area (Å²) in [6, 6.07) is 8.05. The predicted molar refractivity (Wildman–Crippen MR) is 67.3 cm³/mol. The summed E-state index contributed by atoms with van der Waals surface area (Å²) < 4.78 is 5.19. The Kier molecular flexibility index (Phi) is 5.16. The largest absolute Gasteiger partial charge is 0.479 e. The maximum atomic E-state index is 10.9. The topological polar surface area (TPSA) is 46.5 Å². The molecule has 3 heteroatoms. The van der Waals surface area contributed by atoms with Crippen LogP contribution >= 0.6 is 0 Å². The number of aliphatic carboxylic acids is 1. The highest BCUT2D eigenvalue weighted by molar-refractivity contribution is 5.72. The molecule has 0 spiro atoms. The molecule has 1 atom stereocenters. The molecule has 3 nitrogen and oxygen atoms in total. The lowest BCUT2D eigenvalue weighted by atomic mass is 10.00. The quantitative estimate of drug-likeness (QED) is 0.826. The molecule has 0 fully saturated rings. The van der Waals surface area contributed by atoms with Crippen LogP contribution in [0.3, 0.4) is 0 Å². The molecule has 0 aromatic heterocycles. The minimum Gasteiger partial charge on any atom is -0.479 e. The Hall–Kier alpha value is -1.35. The van der Waals surface area contributed by atoms with Crippen molar-refractivity contribution in [2.45, 2.75) is 39.2 Å². The van der Waals surface area contributed by atoms with E-state index in [1.54, 1.807) is 6.92 Å². The van der Waals surface area contributed by atoms with E-state index in [0.29, 0.717) is 18.9 Å². The Morgan fingerprint density at radius 2 is 1.88 bits per heavy atom. The van der Waals surface area contributed by atoms with Gasteiger partial charge in [-0.25, -0.2) is 4.79 Å². The summed E-state index contributed by atoms with van der Waals surface area (Å²) in [5.74, 6) is -0.411. The van der Waals surface area contributed by atoms with Gasteiger partial charge in [-0.3, -0.25) is 0 Å². The van der Waals surface area contributed by atoms with Crippen LogP contribution in [-0.2, 0) is 16.0 Å². The first-order valence-electron chi connectivity index (χ1n) is 5.97. The first-order valence-corrected chi connectivity index (χ1v) is 5.97. The molecule has 0 unspecified atom stereocenters. The van der Waals surface area contributed by atoms with Crippen molar-refractivity contribution in [3.8, 4) is 0 Å². The summed E-state index contributed by atoms with van der Waals surface area (Å²) in [6.07, 6.45) is -0.327. The molecule has 0 amide bonds. The average Bonchev–Trinajstić information content (AvgIpc) is 2.29. The normalized spacial score (nSPS) is 12.7. The third-order valence-corrected chi connectivity index (χ3v) is 2.71. The Labute approximate surface area is 102 Å². The fourth-order valence-corrected chi connectivity index (χ4v) is 1.67. The lowest BCUT2D eigenvalue weighted by molar-refractivity contribution is -0.149. The average molecular weight is 236 g/mol. The van der Waals surface area contributed by atoms with Gasteiger partial charge in [-0.15, -0.1) is 0 Å². The number of hydrogen-bond donors (Lipinski definition) is 1. The van der Waals surface area contributed by atoms with Gasteiger partial charge in [0.15, 0.2) is 6.10 Å². The lowest BCUT2D eigenvalue weighted by Gasteiger charge is -2.13. The molecule has 1 aromatic carbocycles. The molecule has 17 heavy (non-hydrogen) atoms. The van der Waals surface area contributed by atoms with Gasteiger partial charge in [0.05, 0.1) is 0 Å². The fraction of sp³-hybridized carbons (Fsp3) is 0.500. The van der Waals surface area contributed by atoms with Crippen molar-refractivity contribution in [3.63, 3.8) is 0 Å². The van der Waals surface area contributed by atoms with Gasteiger partial charge in [0, 0.05) is 13.0 Å². The SMILES string of the molecule is CCO[C@@H](Cc1ccc(C(C)C)cc1)C(=O)O. The second-order valence-electron chi connectivity index (χ2n) is 4.38. The van der Waals surface area contributed by atoms with Crippen LogP contribution in [0.1, 0.15) is 37.8 Å². The summed E-state index contributed by atoms with van der Waals surface area (Å²) in [7, 11) is 0. The zero-order chi connectivity index (χ0) is 12.8. The number of ether oxygens (including phenoxy) is 1. The zero-order valence-electron chi connectivity index (χ0n) is 10.6. The highest BCUT2D eigenvalue weighted by Crippen LogP contribution is 2.16. The van der Waals surface area contributed by atoms with Crippen molar-refractivity contribution >= 4 is 5.97 Å². The number of hydrogen-bond acceptors (Lipinski definition) is 2. The van der Waals surface area contributed by atoms with Gasteiger partial charge in [-0.05, 0) is 24.0 Å². The van der Waals surface area contributed by atoms with Gasteiger partial charge >= 0.3 is 5.97 Å². The smallest absolute Gasteiger partial charge is 0.333 e. The van der Waals surface area contributed by atoms with Crippen LogP contribution in [0.2, 0.25) is 0 Å². The van der Waals surface area contributed by atoms with Crippen LogP contribution < -0.4 is 0 Å². The lowest BCUT2D eigenvalue weighted by Crippen LogP contribution is -2.26. The Bertz CT molecular complexity index is 354. The van der Waals surface area contributed by atoms with Crippen molar-refractivity contribution in [2.24, 2.45) is 0 Å². The monoisotopic (exact) mass is 236 g/mol. The summed E-state index contributed by atoms with van der Waals surface area (Å²) in [6.45, 7) is 6.49. The van der Waals surface area contributed by atoms with Gasteiger partial charge in [0.1, 0.15) is 0 Å². The fourth-order valence-electron chi connectivity index (χ4n) is 1.67. The highest BCUT2D eigenvalue weighted by Gasteiger charge is 2.17. The molecule has 1 aromatic rings. The molecule has 0 aliphatic rings. The second-order valence-corrected chi connectivity index (χ2v) is 4.38. The van der Waals surface area contributed by atoms with E-state index in [1.807, 2.05) is 24.3 Å². The van der Waals surface area contributed by atoms with Crippen LogP contribution in [0.4, 0.5) is 0 Å². The first kappa shape index (κ1) is 13.7. The Morgan fingerprint density at radius 1 is 1.29 bits per heavy atom. The van der Waals surface area contributed by atoms with Gasteiger partial charge in [-0.2, -0.15) is 0 Å². The predicted octanol–water partition coefficient (Wildman–Crippen LogP) is 2.84. The molecule has 1 rings (SSSR count). The van der Waals surface area contributed by atoms with Gasteiger partial charge < -0.3 is 9.84 Å². The highest BCUT2D eigenvalue weighted by atomic mass is 16.5. The third-order valence-electron chi connectivity index (χ3n) is 2.71. The molecule has 0 radical (unpaired) electrons. The van der Waals surface area contributed by atoms with Crippen LogP contribution in [0.25, 0.3) is 0 Å². The zero-order valence-corrected chi connectivity index (χ0v) is 10.6. The number of rotatable bonds is 6. The molecular weight excluding hydrogens is 216 g/mol. The van der Waals surface area contributed by atoms with Crippen molar-refractivity contribution < 1.29 is 14.6 Å². The molecule has 0 saturated carbocycles. The van der Waals surface area contributed by atoms with Gasteiger partial charge in [0.25, 0.3) is 0 Å². The molecule has 1 N–H and O–H groups in total. The van der Waals surface area contributed by atoms with E-state index >= 15 is 0 Å². The van der Waals surface area contributed by atoms with E-state index in [9.17, 15) is 4.79 Å². The van der Waals surface area contributed by atoms with Crippen LogP contribution in [0.5, 0.6) is 0 Å². The Morgan fingerprint density at radius 3 is 2.29 bits per heavy atom. The van der Waals surface area contributed by atoms with E-state index in [2.05, 4.69) is 13.8 Å².